The molecular weight excluding hydrogens is 412 g/mol. The number of ether oxygens (including phenoxy) is 1. The molecule has 0 aliphatic carbocycles. The highest BCUT2D eigenvalue weighted by Gasteiger charge is 2.15. The summed E-state index contributed by atoms with van der Waals surface area (Å²) < 4.78 is 6.44. The molecule has 0 aromatic heterocycles. The van der Waals surface area contributed by atoms with E-state index in [4.69, 9.17) is 4.74 Å². The summed E-state index contributed by atoms with van der Waals surface area (Å²) >= 11 is 0. The van der Waals surface area contributed by atoms with Crippen LogP contribution >= 0.6 is 0 Å². The fourth-order valence-corrected chi connectivity index (χ4v) is 4.70. The van der Waals surface area contributed by atoms with Gasteiger partial charge >= 0.3 is 0 Å². The van der Waals surface area contributed by atoms with E-state index in [0.29, 0.717) is 5.92 Å². The van der Waals surface area contributed by atoms with Crippen molar-refractivity contribution in [2.75, 3.05) is 6.61 Å². The Labute approximate surface area is 205 Å². The van der Waals surface area contributed by atoms with Gasteiger partial charge in [-0.25, -0.2) is 0 Å². The molecule has 34 heavy (non-hydrogen) atoms. The molecule has 0 aliphatic heterocycles. The van der Waals surface area contributed by atoms with E-state index in [1.807, 2.05) is 0 Å². The molecule has 1 nitrogen and oxygen atoms in total. The van der Waals surface area contributed by atoms with E-state index in [0.717, 1.165) is 19.4 Å². The number of benzene rings is 4. The second-order valence-electron chi connectivity index (χ2n) is 9.03. The summed E-state index contributed by atoms with van der Waals surface area (Å²) in [5.74, 6) is 0.470. The molecule has 0 saturated heterocycles. The van der Waals surface area contributed by atoms with Crippen LogP contribution in [-0.4, -0.2) is 6.61 Å². The van der Waals surface area contributed by atoms with Crippen LogP contribution in [0.1, 0.15) is 72.4 Å². The van der Waals surface area contributed by atoms with E-state index in [9.17, 15) is 0 Å². The average molecular weight is 449 g/mol. The van der Waals surface area contributed by atoms with Crippen LogP contribution in [0.5, 0.6) is 0 Å². The van der Waals surface area contributed by atoms with Crippen molar-refractivity contribution in [3.05, 3.63) is 143 Å². The third kappa shape index (κ3) is 6.68. The molecule has 174 valence electrons. The van der Waals surface area contributed by atoms with E-state index in [1.54, 1.807) is 0 Å². The van der Waals surface area contributed by atoms with Crippen LogP contribution in [0, 0.1) is 0 Å². The van der Waals surface area contributed by atoms with Gasteiger partial charge in [0.1, 0.15) is 6.10 Å². The molecule has 4 aromatic carbocycles. The molecule has 0 bridgehead atoms. The SMILES string of the molecule is CCCCC(c1ccccc1)c1cccc(CCCOC(c2ccccc2)c2ccccc2)c1. The molecular formula is C33H36O. The molecule has 0 N–H and O–H groups in total. The van der Waals surface area contributed by atoms with Gasteiger partial charge < -0.3 is 4.74 Å². The Morgan fingerprint density at radius 3 is 1.74 bits per heavy atom. The molecule has 0 spiro atoms. The van der Waals surface area contributed by atoms with Gasteiger partial charge in [-0.2, -0.15) is 0 Å². The van der Waals surface area contributed by atoms with E-state index in [-0.39, 0.29) is 6.10 Å². The van der Waals surface area contributed by atoms with E-state index >= 15 is 0 Å². The van der Waals surface area contributed by atoms with Crippen LogP contribution in [-0.2, 0) is 11.2 Å². The molecule has 0 saturated carbocycles. The summed E-state index contributed by atoms with van der Waals surface area (Å²) in [6.45, 7) is 3.01. The monoisotopic (exact) mass is 448 g/mol. The average Bonchev–Trinajstić information content (AvgIpc) is 2.91. The number of hydrogen-bond acceptors (Lipinski definition) is 1. The third-order valence-corrected chi connectivity index (χ3v) is 6.50. The number of hydrogen-bond donors (Lipinski definition) is 0. The summed E-state index contributed by atoms with van der Waals surface area (Å²) in [6.07, 6.45) is 5.68. The maximum absolute atomic E-state index is 6.44. The summed E-state index contributed by atoms with van der Waals surface area (Å²) in [4.78, 5) is 0. The Balaban J connectivity index is 1.40. The van der Waals surface area contributed by atoms with Gasteiger partial charge in [0.15, 0.2) is 0 Å². The zero-order chi connectivity index (χ0) is 23.4. The second-order valence-corrected chi connectivity index (χ2v) is 9.03. The fourth-order valence-electron chi connectivity index (χ4n) is 4.70. The highest BCUT2D eigenvalue weighted by Crippen LogP contribution is 2.31. The van der Waals surface area contributed by atoms with Gasteiger partial charge in [-0.05, 0) is 47.1 Å². The lowest BCUT2D eigenvalue weighted by atomic mass is 9.86. The summed E-state index contributed by atoms with van der Waals surface area (Å²) in [5.41, 5.74) is 6.67. The van der Waals surface area contributed by atoms with Crippen LogP contribution in [0.2, 0.25) is 0 Å². The Bertz CT molecular complexity index is 1050. The van der Waals surface area contributed by atoms with Crippen molar-refractivity contribution in [1.82, 2.24) is 0 Å². The first kappa shape index (κ1) is 24.0. The van der Waals surface area contributed by atoms with Crippen molar-refractivity contribution in [1.29, 1.82) is 0 Å². The minimum atomic E-state index is -0.0229. The largest absolute Gasteiger partial charge is 0.369 e. The predicted octanol–water partition coefficient (Wildman–Crippen LogP) is 8.75. The molecule has 0 amide bonds. The highest BCUT2D eigenvalue weighted by atomic mass is 16.5. The number of aryl methyl sites for hydroxylation is 1. The summed E-state index contributed by atoms with van der Waals surface area (Å²) in [6, 6.07) is 41.2. The standard InChI is InChI=1S/C33H36O/c1-2-3-24-32(28-17-7-4-8-18-28)31-23-13-15-27(26-31)16-14-25-34-33(29-19-9-5-10-20-29)30-21-11-6-12-22-30/h4-13,15,17-23,26,32-33H,2-3,14,16,24-25H2,1H3. The van der Waals surface area contributed by atoms with E-state index in [1.165, 1.54) is 47.1 Å². The minimum Gasteiger partial charge on any atom is -0.369 e. The van der Waals surface area contributed by atoms with Gasteiger partial charge in [0.2, 0.25) is 0 Å². The topological polar surface area (TPSA) is 9.23 Å². The van der Waals surface area contributed by atoms with Crippen molar-refractivity contribution in [3.63, 3.8) is 0 Å². The highest BCUT2D eigenvalue weighted by molar-refractivity contribution is 5.35. The zero-order valence-corrected chi connectivity index (χ0v) is 20.3. The molecule has 0 radical (unpaired) electrons. The number of unbranched alkanes of at least 4 members (excludes halogenated alkanes) is 1. The first-order valence-electron chi connectivity index (χ1n) is 12.7. The molecule has 0 aliphatic rings. The predicted molar refractivity (Wildman–Crippen MR) is 143 cm³/mol. The van der Waals surface area contributed by atoms with Crippen molar-refractivity contribution < 1.29 is 4.74 Å². The van der Waals surface area contributed by atoms with Crippen molar-refractivity contribution in [2.24, 2.45) is 0 Å². The van der Waals surface area contributed by atoms with Crippen LogP contribution in [0.25, 0.3) is 0 Å². The van der Waals surface area contributed by atoms with Gasteiger partial charge in [-0.3, -0.25) is 0 Å². The van der Waals surface area contributed by atoms with Gasteiger partial charge in [0.05, 0.1) is 0 Å². The lowest BCUT2D eigenvalue weighted by Gasteiger charge is -2.20. The zero-order valence-electron chi connectivity index (χ0n) is 20.3. The Hall–Kier alpha value is -3.16. The maximum Gasteiger partial charge on any atom is 0.108 e. The van der Waals surface area contributed by atoms with Crippen LogP contribution in [0.15, 0.2) is 115 Å². The van der Waals surface area contributed by atoms with Gasteiger partial charge in [-0.1, -0.05) is 135 Å². The first-order chi connectivity index (χ1) is 16.8. The molecule has 4 rings (SSSR count). The summed E-state index contributed by atoms with van der Waals surface area (Å²) in [5, 5.41) is 0. The molecule has 1 unspecified atom stereocenters. The molecule has 1 heteroatoms. The smallest absolute Gasteiger partial charge is 0.108 e. The van der Waals surface area contributed by atoms with Gasteiger partial charge in [0, 0.05) is 12.5 Å². The fraction of sp³-hybridized carbons (Fsp3) is 0.273. The molecule has 1 atom stereocenters. The lowest BCUT2D eigenvalue weighted by molar-refractivity contribution is 0.0783. The molecule has 0 heterocycles. The van der Waals surface area contributed by atoms with Gasteiger partial charge in [0.25, 0.3) is 0 Å². The Morgan fingerprint density at radius 1 is 0.588 bits per heavy atom. The van der Waals surface area contributed by atoms with Crippen LogP contribution < -0.4 is 0 Å². The van der Waals surface area contributed by atoms with Gasteiger partial charge in [-0.15, -0.1) is 0 Å². The van der Waals surface area contributed by atoms with Crippen LogP contribution in [0.4, 0.5) is 0 Å². The number of rotatable bonds is 12. The quantitative estimate of drug-likeness (QED) is 0.197. The first-order valence-corrected chi connectivity index (χ1v) is 12.7. The molecule has 4 aromatic rings. The Morgan fingerprint density at radius 2 is 1.15 bits per heavy atom. The molecule has 0 fully saturated rings. The second kappa shape index (κ2) is 12.9. The van der Waals surface area contributed by atoms with Crippen LogP contribution in [0.3, 0.4) is 0 Å². The lowest BCUT2D eigenvalue weighted by Crippen LogP contribution is -2.08. The Kier molecular flexibility index (Phi) is 9.11. The normalized spacial score (nSPS) is 12.1. The minimum absolute atomic E-state index is 0.0229. The third-order valence-electron chi connectivity index (χ3n) is 6.50. The van der Waals surface area contributed by atoms with E-state index < -0.39 is 0 Å². The van der Waals surface area contributed by atoms with Crippen molar-refractivity contribution in [2.45, 2.75) is 51.0 Å². The van der Waals surface area contributed by atoms with Crippen molar-refractivity contribution in [3.8, 4) is 0 Å². The van der Waals surface area contributed by atoms with Crippen molar-refractivity contribution >= 4 is 0 Å². The summed E-state index contributed by atoms with van der Waals surface area (Å²) in [7, 11) is 0. The maximum atomic E-state index is 6.44. The van der Waals surface area contributed by atoms with E-state index in [2.05, 4.69) is 122 Å².